The van der Waals surface area contributed by atoms with Crippen molar-refractivity contribution < 1.29 is 14.3 Å². The van der Waals surface area contributed by atoms with Gasteiger partial charge in [0.1, 0.15) is 0 Å². The highest BCUT2D eigenvalue weighted by molar-refractivity contribution is 6.06. The lowest BCUT2D eigenvalue weighted by Crippen LogP contribution is -2.27. The van der Waals surface area contributed by atoms with Crippen molar-refractivity contribution in [3.05, 3.63) is 114 Å². The zero-order valence-corrected chi connectivity index (χ0v) is 19.6. The fourth-order valence-electron chi connectivity index (χ4n) is 4.33. The Kier molecular flexibility index (Phi) is 6.02. The van der Waals surface area contributed by atoms with Gasteiger partial charge in [-0.1, -0.05) is 48.5 Å². The molecule has 0 saturated heterocycles. The maximum Gasteiger partial charge on any atom is 0.337 e. The predicted octanol–water partition coefficient (Wildman–Crippen LogP) is 5.52. The van der Waals surface area contributed by atoms with E-state index in [0.717, 1.165) is 33.1 Å². The minimum Gasteiger partial charge on any atom is -0.465 e. The first-order valence-corrected chi connectivity index (χ1v) is 11.4. The third-order valence-corrected chi connectivity index (χ3v) is 6.20. The van der Waals surface area contributed by atoms with Crippen LogP contribution in [0.5, 0.6) is 0 Å². The van der Waals surface area contributed by atoms with E-state index in [1.54, 1.807) is 12.1 Å². The van der Waals surface area contributed by atoms with Crippen molar-refractivity contribution in [1.29, 1.82) is 0 Å². The van der Waals surface area contributed by atoms with Gasteiger partial charge in [-0.3, -0.25) is 9.78 Å². The van der Waals surface area contributed by atoms with Crippen molar-refractivity contribution >= 4 is 33.7 Å². The minimum absolute atomic E-state index is 0.161. The summed E-state index contributed by atoms with van der Waals surface area (Å²) in [6.45, 7) is 2.48. The molecule has 5 aromatic rings. The summed E-state index contributed by atoms with van der Waals surface area (Å²) in [5.41, 5.74) is 4.72. The van der Waals surface area contributed by atoms with Crippen LogP contribution in [0.15, 0.2) is 91.1 Å². The fourth-order valence-corrected chi connectivity index (χ4v) is 4.33. The first kappa shape index (κ1) is 22.3. The van der Waals surface area contributed by atoms with E-state index in [4.69, 9.17) is 9.72 Å². The van der Waals surface area contributed by atoms with Gasteiger partial charge in [0.25, 0.3) is 5.91 Å². The number of fused-ring (bicyclic) bond motifs is 2. The molecule has 0 fully saturated rings. The van der Waals surface area contributed by atoms with Crippen LogP contribution < -0.4 is 5.32 Å². The molecule has 6 heteroatoms. The fraction of sp³-hybridized carbons (Fsp3) is 0.138. The standard InChI is InChI=1S/C29H25N3O3/c1-19(20-10-12-23(13-11-20)29(34)35-2)30-28(33)25-8-5-7-22-16-17-32(27(22)25)18-24-15-14-21-6-3-4-9-26(21)31-24/h3-17,19H,18H2,1-2H3,(H,30,33)/t19-/m0/s1. The number of hydrogen-bond donors (Lipinski definition) is 1. The molecule has 0 unspecified atom stereocenters. The SMILES string of the molecule is COC(=O)c1ccc([C@H](C)NC(=O)c2cccc3ccn(Cc4ccc5ccccc5n4)c23)cc1. The van der Waals surface area contributed by atoms with E-state index in [-0.39, 0.29) is 17.9 Å². The largest absolute Gasteiger partial charge is 0.465 e. The molecule has 5 rings (SSSR count). The Balaban J connectivity index is 1.40. The number of methoxy groups -OCH3 is 1. The summed E-state index contributed by atoms with van der Waals surface area (Å²) < 4.78 is 6.82. The molecule has 6 nitrogen and oxygen atoms in total. The lowest BCUT2D eigenvalue weighted by molar-refractivity contribution is 0.0600. The van der Waals surface area contributed by atoms with E-state index >= 15 is 0 Å². The summed E-state index contributed by atoms with van der Waals surface area (Å²) in [5.74, 6) is -0.548. The number of hydrogen-bond acceptors (Lipinski definition) is 4. The van der Waals surface area contributed by atoms with Crippen LogP contribution in [-0.2, 0) is 11.3 Å². The summed E-state index contributed by atoms with van der Waals surface area (Å²) in [6, 6.07) is 26.7. The Morgan fingerprint density at radius 2 is 1.69 bits per heavy atom. The first-order chi connectivity index (χ1) is 17.0. The van der Waals surface area contributed by atoms with E-state index in [1.807, 2.05) is 79.9 Å². The molecule has 0 saturated carbocycles. The zero-order valence-electron chi connectivity index (χ0n) is 19.6. The van der Waals surface area contributed by atoms with Gasteiger partial charge in [0.2, 0.25) is 0 Å². The Morgan fingerprint density at radius 3 is 2.49 bits per heavy atom. The quantitative estimate of drug-likeness (QED) is 0.337. The molecule has 2 heterocycles. The summed E-state index contributed by atoms with van der Waals surface area (Å²) in [4.78, 5) is 29.8. The monoisotopic (exact) mass is 463 g/mol. The molecule has 1 N–H and O–H groups in total. The number of nitrogens with one attached hydrogen (secondary N) is 1. The molecule has 174 valence electrons. The van der Waals surface area contributed by atoms with Crippen molar-refractivity contribution in [3.63, 3.8) is 0 Å². The number of pyridine rings is 1. The van der Waals surface area contributed by atoms with Crippen LogP contribution in [0.3, 0.4) is 0 Å². The van der Waals surface area contributed by atoms with Crippen LogP contribution >= 0.6 is 0 Å². The summed E-state index contributed by atoms with van der Waals surface area (Å²) in [6.07, 6.45) is 1.99. The normalized spacial score (nSPS) is 11.9. The van der Waals surface area contributed by atoms with E-state index < -0.39 is 0 Å². The molecule has 2 aromatic heterocycles. The lowest BCUT2D eigenvalue weighted by atomic mass is 10.0. The molecule has 0 aliphatic rings. The van der Waals surface area contributed by atoms with E-state index in [1.165, 1.54) is 7.11 Å². The van der Waals surface area contributed by atoms with Crippen molar-refractivity contribution in [2.75, 3.05) is 7.11 Å². The molecule has 0 aliphatic carbocycles. The average Bonchev–Trinajstić information content (AvgIpc) is 3.31. The van der Waals surface area contributed by atoms with Gasteiger partial charge in [-0.25, -0.2) is 4.79 Å². The van der Waals surface area contributed by atoms with Crippen molar-refractivity contribution in [2.24, 2.45) is 0 Å². The molecule has 35 heavy (non-hydrogen) atoms. The molecule has 0 spiro atoms. The van der Waals surface area contributed by atoms with Gasteiger partial charge in [0.15, 0.2) is 0 Å². The summed E-state index contributed by atoms with van der Waals surface area (Å²) in [7, 11) is 1.35. The van der Waals surface area contributed by atoms with E-state index in [2.05, 4.69) is 16.0 Å². The number of benzene rings is 3. The topological polar surface area (TPSA) is 73.2 Å². The number of para-hydroxylation sites is 2. The van der Waals surface area contributed by atoms with Gasteiger partial charge in [0, 0.05) is 17.0 Å². The predicted molar refractivity (Wildman–Crippen MR) is 136 cm³/mol. The summed E-state index contributed by atoms with van der Waals surface area (Å²) >= 11 is 0. The molecular weight excluding hydrogens is 438 g/mol. The van der Waals surface area contributed by atoms with Gasteiger partial charge in [0.05, 0.1) is 47.6 Å². The number of carbonyl (C=O) groups is 2. The number of esters is 1. The third kappa shape index (κ3) is 4.51. The van der Waals surface area contributed by atoms with Crippen LogP contribution in [0.1, 0.15) is 44.9 Å². The smallest absolute Gasteiger partial charge is 0.337 e. The van der Waals surface area contributed by atoms with Gasteiger partial charge in [-0.05, 0) is 48.9 Å². The second-order valence-electron chi connectivity index (χ2n) is 8.49. The maximum atomic E-state index is 13.3. The van der Waals surface area contributed by atoms with Gasteiger partial charge in [-0.2, -0.15) is 0 Å². The second kappa shape index (κ2) is 9.43. The number of amides is 1. The molecule has 0 bridgehead atoms. The van der Waals surface area contributed by atoms with Crippen molar-refractivity contribution in [2.45, 2.75) is 19.5 Å². The van der Waals surface area contributed by atoms with E-state index in [0.29, 0.717) is 17.7 Å². The average molecular weight is 464 g/mol. The zero-order chi connectivity index (χ0) is 24.4. The maximum absolute atomic E-state index is 13.3. The summed E-state index contributed by atoms with van der Waals surface area (Å²) in [5, 5.41) is 5.18. The third-order valence-electron chi connectivity index (χ3n) is 6.20. The van der Waals surface area contributed by atoms with Gasteiger partial charge < -0.3 is 14.6 Å². The van der Waals surface area contributed by atoms with Crippen LogP contribution in [0, 0.1) is 0 Å². The molecule has 0 radical (unpaired) electrons. The van der Waals surface area contributed by atoms with Gasteiger partial charge in [-0.15, -0.1) is 0 Å². The molecule has 1 atom stereocenters. The first-order valence-electron chi connectivity index (χ1n) is 11.4. The number of aromatic nitrogens is 2. The van der Waals surface area contributed by atoms with Crippen LogP contribution in [0.25, 0.3) is 21.8 Å². The number of rotatable bonds is 6. The Morgan fingerprint density at radius 1 is 0.914 bits per heavy atom. The van der Waals surface area contributed by atoms with Crippen molar-refractivity contribution in [1.82, 2.24) is 14.9 Å². The number of carbonyl (C=O) groups excluding carboxylic acids is 2. The highest BCUT2D eigenvalue weighted by Gasteiger charge is 2.17. The Hall–Kier alpha value is -4.45. The Labute approximate surface area is 203 Å². The minimum atomic E-state index is -0.387. The highest BCUT2D eigenvalue weighted by atomic mass is 16.5. The molecule has 3 aromatic carbocycles. The number of ether oxygens (including phenoxy) is 1. The second-order valence-corrected chi connectivity index (χ2v) is 8.49. The van der Waals surface area contributed by atoms with E-state index in [9.17, 15) is 9.59 Å². The van der Waals surface area contributed by atoms with Crippen LogP contribution in [0.2, 0.25) is 0 Å². The van der Waals surface area contributed by atoms with Gasteiger partial charge >= 0.3 is 5.97 Å². The van der Waals surface area contributed by atoms with Crippen molar-refractivity contribution in [3.8, 4) is 0 Å². The van der Waals surface area contributed by atoms with Crippen LogP contribution in [-0.4, -0.2) is 28.5 Å². The highest BCUT2D eigenvalue weighted by Crippen LogP contribution is 2.23. The molecule has 0 aliphatic heterocycles. The van der Waals surface area contributed by atoms with Crippen LogP contribution in [0.4, 0.5) is 0 Å². The number of nitrogens with zero attached hydrogens (tertiary/aromatic N) is 2. The molecule has 1 amide bonds. The molecular formula is C29H25N3O3. The lowest BCUT2D eigenvalue weighted by Gasteiger charge is -2.16. The Bertz CT molecular complexity index is 1540.